The predicted molar refractivity (Wildman–Crippen MR) is 103 cm³/mol. The summed E-state index contributed by atoms with van der Waals surface area (Å²) in [5, 5.41) is 3.17. The molecule has 3 rings (SSSR count). The first-order valence-electron chi connectivity index (χ1n) is 9.24. The Morgan fingerprint density at radius 2 is 2.00 bits per heavy atom. The molecule has 0 bridgehead atoms. The molecule has 1 saturated heterocycles. The Bertz CT molecular complexity index is 831. The SMILES string of the molecule is CC1CCC(=O)N1c1nc(N[C@@H](C)c2ccc(C(C)(C)C)nc2)ncc1F. The van der Waals surface area contributed by atoms with Crippen LogP contribution in [0.25, 0.3) is 0 Å². The maximum absolute atomic E-state index is 14.2. The van der Waals surface area contributed by atoms with Crippen LogP contribution >= 0.6 is 0 Å². The number of pyridine rings is 1. The van der Waals surface area contributed by atoms with Crippen LogP contribution in [0, 0.1) is 5.82 Å². The third kappa shape index (κ3) is 4.07. The fourth-order valence-corrected chi connectivity index (χ4v) is 3.13. The molecule has 0 aromatic carbocycles. The van der Waals surface area contributed by atoms with Gasteiger partial charge >= 0.3 is 0 Å². The number of carbonyl (C=O) groups is 1. The Morgan fingerprint density at radius 1 is 1.26 bits per heavy atom. The van der Waals surface area contributed by atoms with Gasteiger partial charge in [0.25, 0.3) is 0 Å². The lowest BCUT2D eigenvalue weighted by atomic mass is 9.91. The highest BCUT2D eigenvalue weighted by atomic mass is 19.1. The largest absolute Gasteiger partial charge is 0.348 e. The molecule has 1 N–H and O–H groups in total. The zero-order valence-corrected chi connectivity index (χ0v) is 16.5. The summed E-state index contributed by atoms with van der Waals surface area (Å²) < 4.78 is 14.2. The summed E-state index contributed by atoms with van der Waals surface area (Å²) in [5.41, 5.74) is 1.98. The average molecular weight is 371 g/mol. The smallest absolute Gasteiger partial charge is 0.228 e. The van der Waals surface area contributed by atoms with Crippen molar-refractivity contribution in [2.24, 2.45) is 0 Å². The van der Waals surface area contributed by atoms with E-state index >= 15 is 0 Å². The van der Waals surface area contributed by atoms with Crippen molar-refractivity contribution in [1.82, 2.24) is 15.0 Å². The molecule has 2 atom stereocenters. The van der Waals surface area contributed by atoms with E-state index in [0.29, 0.717) is 12.8 Å². The van der Waals surface area contributed by atoms with E-state index in [1.807, 2.05) is 32.2 Å². The molecule has 144 valence electrons. The number of hydrogen-bond acceptors (Lipinski definition) is 5. The van der Waals surface area contributed by atoms with E-state index in [9.17, 15) is 9.18 Å². The second-order valence-corrected chi connectivity index (χ2v) is 8.11. The summed E-state index contributed by atoms with van der Waals surface area (Å²) in [6, 6.07) is 3.84. The first-order chi connectivity index (χ1) is 12.7. The average Bonchev–Trinajstić information content (AvgIpc) is 2.94. The highest BCUT2D eigenvalue weighted by molar-refractivity contribution is 5.95. The van der Waals surface area contributed by atoms with Gasteiger partial charge in [-0.25, -0.2) is 9.37 Å². The summed E-state index contributed by atoms with van der Waals surface area (Å²) in [6.07, 6.45) is 4.05. The number of amides is 1. The molecule has 1 amide bonds. The first-order valence-corrected chi connectivity index (χ1v) is 9.24. The van der Waals surface area contributed by atoms with Crippen molar-refractivity contribution in [3.05, 3.63) is 41.6 Å². The van der Waals surface area contributed by atoms with Gasteiger partial charge in [0, 0.05) is 29.8 Å². The number of nitrogens with zero attached hydrogens (tertiary/aromatic N) is 4. The Kier molecular flexibility index (Phi) is 5.13. The van der Waals surface area contributed by atoms with Crippen LogP contribution in [-0.2, 0) is 10.2 Å². The molecule has 0 spiro atoms. The lowest BCUT2D eigenvalue weighted by Crippen LogP contribution is -2.32. The standard InChI is InChI=1S/C20H26FN5O/c1-12-6-9-17(27)26(12)18-15(21)11-23-19(25-18)24-13(2)14-7-8-16(22-10-14)20(3,4)5/h7-8,10-13H,6,9H2,1-5H3,(H,23,24,25)/t12?,13-/m0/s1. The molecule has 1 unspecified atom stereocenters. The Morgan fingerprint density at radius 3 is 2.56 bits per heavy atom. The molecular formula is C20H26FN5O. The van der Waals surface area contributed by atoms with Crippen molar-refractivity contribution in [1.29, 1.82) is 0 Å². The third-order valence-electron chi connectivity index (χ3n) is 4.84. The van der Waals surface area contributed by atoms with Gasteiger partial charge in [-0.1, -0.05) is 26.8 Å². The topological polar surface area (TPSA) is 71.0 Å². The lowest BCUT2D eigenvalue weighted by Gasteiger charge is -2.22. The minimum Gasteiger partial charge on any atom is -0.348 e. The van der Waals surface area contributed by atoms with Gasteiger partial charge in [-0.3, -0.25) is 14.7 Å². The Labute approximate surface area is 159 Å². The summed E-state index contributed by atoms with van der Waals surface area (Å²) in [7, 11) is 0. The second-order valence-electron chi connectivity index (χ2n) is 8.11. The minimum atomic E-state index is -0.591. The molecule has 0 saturated carbocycles. The highest BCUT2D eigenvalue weighted by Crippen LogP contribution is 2.28. The van der Waals surface area contributed by atoms with Crippen LogP contribution in [-0.4, -0.2) is 26.9 Å². The van der Waals surface area contributed by atoms with Crippen LogP contribution in [0.3, 0.4) is 0 Å². The van der Waals surface area contributed by atoms with Gasteiger partial charge in [-0.05, 0) is 31.9 Å². The summed E-state index contributed by atoms with van der Waals surface area (Å²) in [4.78, 5) is 26.3. The van der Waals surface area contributed by atoms with Gasteiger partial charge in [-0.15, -0.1) is 0 Å². The molecule has 2 aromatic heterocycles. The number of hydrogen-bond donors (Lipinski definition) is 1. The van der Waals surface area contributed by atoms with Crippen LogP contribution in [0.2, 0.25) is 0 Å². The van der Waals surface area contributed by atoms with Crippen LogP contribution in [0.4, 0.5) is 16.2 Å². The summed E-state index contributed by atoms with van der Waals surface area (Å²) in [5.74, 6) is -0.380. The number of nitrogens with one attached hydrogen (secondary N) is 1. The third-order valence-corrected chi connectivity index (χ3v) is 4.84. The second kappa shape index (κ2) is 7.21. The van der Waals surface area contributed by atoms with Crippen molar-refractivity contribution >= 4 is 17.7 Å². The summed E-state index contributed by atoms with van der Waals surface area (Å²) in [6.45, 7) is 10.2. The molecule has 27 heavy (non-hydrogen) atoms. The van der Waals surface area contributed by atoms with Gasteiger partial charge in [0.15, 0.2) is 11.6 Å². The molecule has 0 aliphatic carbocycles. The van der Waals surface area contributed by atoms with Crippen LogP contribution in [0.1, 0.15) is 64.8 Å². The Hall–Kier alpha value is -2.57. The number of halogens is 1. The zero-order chi connectivity index (χ0) is 19.8. The van der Waals surface area contributed by atoms with Crippen molar-refractivity contribution in [3.63, 3.8) is 0 Å². The molecule has 0 radical (unpaired) electrons. The lowest BCUT2D eigenvalue weighted by molar-refractivity contribution is -0.117. The van der Waals surface area contributed by atoms with E-state index in [1.165, 1.54) is 4.90 Å². The van der Waals surface area contributed by atoms with E-state index in [4.69, 9.17) is 0 Å². The predicted octanol–water partition coefficient (Wildman–Crippen LogP) is 4.00. The molecule has 3 heterocycles. The van der Waals surface area contributed by atoms with Gasteiger partial charge in [0.05, 0.1) is 12.2 Å². The van der Waals surface area contributed by atoms with Crippen LogP contribution in [0.5, 0.6) is 0 Å². The number of rotatable bonds is 4. The molecule has 2 aromatic rings. The van der Waals surface area contributed by atoms with E-state index in [1.54, 1.807) is 0 Å². The zero-order valence-electron chi connectivity index (χ0n) is 16.5. The molecule has 1 aliphatic heterocycles. The van der Waals surface area contributed by atoms with Crippen molar-refractivity contribution in [3.8, 4) is 0 Å². The number of anilines is 2. The van der Waals surface area contributed by atoms with E-state index in [-0.39, 0.29) is 35.2 Å². The normalized spacial score (nSPS) is 18.7. The minimum absolute atomic E-state index is 0.0108. The van der Waals surface area contributed by atoms with Gasteiger partial charge in [0.1, 0.15) is 0 Å². The fourth-order valence-electron chi connectivity index (χ4n) is 3.13. The highest BCUT2D eigenvalue weighted by Gasteiger charge is 2.32. The van der Waals surface area contributed by atoms with Crippen LogP contribution in [0.15, 0.2) is 24.5 Å². The van der Waals surface area contributed by atoms with Crippen molar-refractivity contribution < 1.29 is 9.18 Å². The van der Waals surface area contributed by atoms with Crippen LogP contribution < -0.4 is 10.2 Å². The van der Waals surface area contributed by atoms with Gasteiger partial charge in [0.2, 0.25) is 11.9 Å². The number of aromatic nitrogens is 3. The molecular weight excluding hydrogens is 345 g/mol. The fraction of sp³-hybridized carbons (Fsp3) is 0.500. The van der Waals surface area contributed by atoms with E-state index in [2.05, 4.69) is 41.0 Å². The molecule has 1 aliphatic rings. The van der Waals surface area contributed by atoms with Crippen molar-refractivity contribution in [2.75, 3.05) is 10.2 Å². The maximum atomic E-state index is 14.2. The number of carbonyl (C=O) groups excluding carboxylic acids is 1. The van der Waals surface area contributed by atoms with E-state index in [0.717, 1.165) is 17.5 Å². The van der Waals surface area contributed by atoms with Gasteiger partial charge in [-0.2, -0.15) is 4.98 Å². The van der Waals surface area contributed by atoms with Gasteiger partial charge < -0.3 is 5.32 Å². The summed E-state index contributed by atoms with van der Waals surface area (Å²) >= 11 is 0. The van der Waals surface area contributed by atoms with Crippen molar-refractivity contribution in [2.45, 2.75) is 65.0 Å². The Balaban J connectivity index is 1.79. The molecule has 7 heteroatoms. The van der Waals surface area contributed by atoms with E-state index < -0.39 is 5.82 Å². The maximum Gasteiger partial charge on any atom is 0.228 e. The molecule has 6 nitrogen and oxygen atoms in total. The monoisotopic (exact) mass is 371 g/mol. The first kappa shape index (κ1) is 19.2. The molecule has 1 fully saturated rings. The quantitative estimate of drug-likeness (QED) is 0.880.